The van der Waals surface area contributed by atoms with Crippen LogP contribution in [-0.2, 0) is 14.6 Å². The topological polar surface area (TPSA) is 70.6 Å². The van der Waals surface area contributed by atoms with Crippen molar-refractivity contribution >= 4 is 54.0 Å². The lowest BCUT2D eigenvalue weighted by molar-refractivity contribution is -0.116. The maximum atomic E-state index is 13.1. The van der Waals surface area contributed by atoms with Gasteiger partial charge < -0.3 is 4.90 Å². The van der Waals surface area contributed by atoms with Crippen molar-refractivity contribution in [2.24, 2.45) is 0 Å². The van der Waals surface area contributed by atoms with Gasteiger partial charge >= 0.3 is 0 Å². The number of likely N-dealkylation sites (N-methyl/N-ethyl adjacent to an activating group) is 1. The van der Waals surface area contributed by atoms with Crippen LogP contribution in [0.1, 0.15) is 11.1 Å². The van der Waals surface area contributed by atoms with Crippen LogP contribution in [0.25, 0.3) is 10.2 Å². The zero-order valence-electron chi connectivity index (χ0n) is 17.3. The van der Waals surface area contributed by atoms with Crippen molar-refractivity contribution in [1.82, 2.24) is 9.88 Å². The lowest BCUT2D eigenvalue weighted by Gasteiger charge is -2.22. The summed E-state index contributed by atoms with van der Waals surface area (Å²) in [6.07, 6.45) is 0. The number of fused-ring (bicyclic) bond motifs is 1. The highest BCUT2D eigenvalue weighted by atomic mass is 35.5. The first-order chi connectivity index (χ1) is 14.1. The fourth-order valence-electron chi connectivity index (χ4n) is 2.90. The van der Waals surface area contributed by atoms with Crippen molar-refractivity contribution in [3.8, 4) is 0 Å². The number of carbonyl (C=O) groups excluding carboxylic acids is 1. The highest BCUT2D eigenvalue weighted by Gasteiger charge is 2.27. The number of hydrogen-bond acceptors (Lipinski definition) is 6. The minimum Gasteiger partial charge on any atom is -0.308 e. The summed E-state index contributed by atoms with van der Waals surface area (Å²) >= 11 is 7.61. The molecule has 0 saturated carbocycles. The van der Waals surface area contributed by atoms with E-state index in [9.17, 15) is 13.2 Å². The van der Waals surface area contributed by atoms with Gasteiger partial charge in [-0.15, -0.1) is 0 Å². The summed E-state index contributed by atoms with van der Waals surface area (Å²) in [5.74, 6) is -1.13. The molecule has 0 radical (unpaired) electrons. The molecule has 0 aliphatic rings. The average molecular weight is 466 g/mol. The fraction of sp³-hybridized carbons (Fsp3) is 0.333. The van der Waals surface area contributed by atoms with E-state index >= 15 is 0 Å². The summed E-state index contributed by atoms with van der Waals surface area (Å²) in [5.41, 5.74) is 2.63. The van der Waals surface area contributed by atoms with Gasteiger partial charge in [-0.2, -0.15) is 0 Å². The van der Waals surface area contributed by atoms with E-state index in [1.807, 2.05) is 38.9 Å². The molecule has 0 spiro atoms. The van der Waals surface area contributed by atoms with Crippen LogP contribution in [0.15, 0.2) is 41.3 Å². The highest BCUT2D eigenvalue weighted by Crippen LogP contribution is 2.35. The molecular formula is C21H24ClN3O3S2. The molecule has 9 heteroatoms. The van der Waals surface area contributed by atoms with E-state index in [1.165, 1.54) is 28.4 Å². The molecule has 3 rings (SSSR count). The molecule has 0 saturated heterocycles. The number of halogens is 1. The second-order valence-electron chi connectivity index (χ2n) is 7.46. The molecular weight excluding hydrogens is 442 g/mol. The van der Waals surface area contributed by atoms with Gasteiger partial charge in [0.25, 0.3) is 0 Å². The molecule has 1 aromatic heterocycles. The molecule has 0 aliphatic heterocycles. The minimum absolute atomic E-state index is 0.136. The summed E-state index contributed by atoms with van der Waals surface area (Å²) in [4.78, 5) is 21.3. The van der Waals surface area contributed by atoms with Crippen LogP contribution in [0.4, 0.5) is 5.13 Å². The second kappa shape index (κ2) is 9.01. The quantitative estimate of drug-likeness (QED) is 0.528. The molecule has 0 atom stereocenters. The summed E-state index contributed by atoms with van der Waals surface area (Å²) in [5, 5.41) is 1.01. The molecule has 6 nitrogen and oxygen atoms in total. The van der Waals surface area contributed by atoms with Crippen LogP contribution in [0.3, 0.4) is 0 Å². The van der Waals surface area contributed by atoms with Crippen molar-refractivity contribution in [2.75, 3.05) is 37.8 Å². The third-order valence-electron chi connectivity index (χ3n) is 4.68. The predicted octanol–water partition coefficient (Wildman–Crippen LogP) is 3.94. The molecule has 0 N–H and O–H groups in total. The number of nitrogens with zero attached hydrogens (tertiary/aromatic N) is 3. The highest BCUT2D eigenvalue weighted by molar-refractivity contribution is 7.92. The number of aromatic nitrogens is 1. The Balaban J connectivity index is 1.95. The lowest BCUT2D eigenvalue weighted by atomic mass is 10.2. The molecule has 0 bridgehead atoms. The number of amides is 1. The third kappa shape index (κ3) is 5.00. The smallest absolute Gasteiger partial charge is 0.244 e. The Morgan fingerprint density at radius 2 is 1.73 bits per heavy atom. The van der Waals surface area contributed by atoms with Crippen LogP contribution >= 0.6 is 22.9 Å². The van der Waals surface area contributed by atoms with Gasteiger partial charge in [0, 0.05) is 13.1 Å². The summed E-state index contributed by atoms with van der Waals surface area (Å²) in [6, 6.07) is 10.2. The van der Waals surface area contributed by atoms with E-state index in [0.29, 0.717) is 23.2 Å². The van der Waals surface area contributed by atoms with E-state index < -0.39 is 21.5 Å². The standard InChI is InChI=1S/C21H24ClN3O3S2/c1-14-5-8-16(9-6-14)30(27,28)13-18(26)25(12-11-24(3)4)21-23-19-15(2)7-10-17(22)20(19)29-21/h5-10H,11-13H2,1-4H3. The molecule has 160 valence electrons. The fourth-order valence-corrected chi connectivity index (χ4v) is 5.46. The number of rotatable bonds is 7. The lowest BCUT2D eigenvalue weighted by Crippen LogP contribution is -2.40. The Morgan fingerprint density at radius 1 is 1.07 bits per heavy atom. The Kier molecular flexibility index (Phi) is 6.81. The maximum absolute atomic E-state index is 13.1. The first-order valence-corrected chi connectivity index (χ1v) is 12.2. The van der Waals surface area contributed by atoms with Gasteiger partial charge in [0.05, 0.1) is 20.1 Å². The van der Waals surface area contributed by atoms with E-state index in [1.54, 1.807) is 18.2 Å². The van der Waals surface area contributed by atoms with Crippen molar-refractivity contribution in [1.29, 1.82) is 0 Å². The Labute approximate surface area is 186 Å². The van der Waals surface area contributed by atoms with Gasteiger partial charge in [0.2, 0.25) is 5.91 Å². The molecule has 0 fully saturated rings. The van der Waals surface area contributed by atoms with E-state index in [0.717, 1.165) is 21.3 Å². The van der Waals surface area contributed by atoms with Gasteiger partial charge in [-0.05, 0) is 51.7 Å². The van der Waals surface area contributed by atoms with Crippen molar-refractivity contribution < 1.29 is 13.2 Å². The van der Waals surface area contributed by atoms with Gasteiger partial charge in [-0.3, -0.25) is 9.69 Å². The molecule has 2 aromatic carbocycles. The first-order valence-electron chi connectivity index (χ1n) is 9.38. The number of aryl methyl sites for hydroxylation is 2. The maximum Gasteiger partial charge on any atom is 0.244 e. The molecule has 0 unspecified atom stereocenters. The SMILES string of the molecule is Cc1ccc(S(=O)(=O)CC(=O)N(CCN(C)C)c2nc3c(C)ccc(Cl)c3s2)cc1. The normalized spacial score (nSPS) is 11.9. The predicted molar refractivity (Wildman–Crippen MR) is 124 cm³/mol. The Hall–Kier alpha value is -2.00. The Morgan fingerprint density at radius 3 is 2.33 bits per heavy atom. The number of carbonyl (C=O) groups is 1. The second-order valence-corrected chi connectivity index (χ2v) is 10.8. The number of hydrogen-bond donors (Lipinski definition) is 0. The van der Waals surface area contributed by atoms with Crippen LogP contribution in [-0.4, -0.2) is 57.1 Å². The van der Waals surface area contributed by atoms with Crippen LogP contribution in [0, 0.1) is 13.8 Å². The van der Waals surface area contributed by atoms with Gasteiger partial charge in [-0.25, -0.2) is 13.4 Å². The number of thiazole rings is 1. The number of sulfone groups is 1. The molecule has 3 aromatic rings. The van der Waals surface area contributed by atoms with Crippen molar-refractivity contribution in [3.63, 3.8) is 0 Å². The molecule has 1 amide bonds. The van der Waals surface area contributed by atoms with Gasteiger partial charge in [-0.1, -0.05) is 46.7 Å². The van der Waals surface area contributed by atoms with E-state index in [2.05, 4.69) is 4.98 Å². The van der Waals surface area contributed by atoms with E-state index in [4.69, 9.17) is 11.6 Å². The summed E-state index contributed by atoms with van der Waals surface area (Å²) in [6.45, 7) is 4.70. The van der Waals surface area contributed by atoms with Gasteiger partial charge in [0.15, 0.2) is 15.0 Å². The van der Waals surface area contributed by atoms with Crippen molar-refractivity contribution in [2.45, 2.75) is 18.7 Å². The van der Waals surface area contributed by atoms with Crippen LogP contribution < -0.4 is 4.90 Å². The summed E-state index contributed by atoms with van der Waals surface area (Å²) in [7, 11) is 0.0196. The van der Waals surface area contributed by atoms with Crippen LogP contribution in [0.2, 0.25) is 5.02 Å². The van der Waals surface area contributed by atoms with Crippen molar-refractivity contribution in [3.05, 3.63) is 52.5 Å². The zero-order chi connectivity index (χ0) is 22.1. The Bertz CT molecular complexity index is 1130. The number of anilines is 1. The zero-order valence-corrected chi connectivity index (χ0v) is 19.7. The third-order valence-corrected chi connectivity index (χ3v) is 7.84. The van der Waals surface area contributed by atoms with Gasteiger partial charge in [0.1, 0.15) is 5.75 Å². The average Bonchev–Trinajstić information content (AvgIpc) is 3.11. The largest absolute Gasteiger partial charge is 0.308 e. The minimum atomic E-state index is -3.77. The molecule has 30 heavy (non-hydrogen) atoms. The van der Waals surface area contributed by atoms with E-state index in [-0.39, 0.29) is 4.90 Å². The molecule has 0 aliphatic carbocycles. The monoisotopic (exact) mass is 465 g/mol. The molecule has 1 heterocycles. The number of benzene rings is 2. The summed E-state index contributed by atoms with van der Waals surface area (Å²) < 4.78 is 26.4. The first kappa shape index (κ1) is 22.7. The van der Waals surface area contributed by atoms with Crippen LogP contribution in [0.5, 0.6) is 0 Å².